The molecule has 4 aliphatic heterocycles. The van der Waals surface area contributed by atoms with E-state index in [4.69, 9.17) is 33.2 Å². The van der Waals surface area contributed by atoms with Crippen molar-refractivity contribution in [2.24, 2.45) is 34.5 Å². The Balaban J connectivity index is 0.826. The molecular weight excluding hydrogens is 700 g/mol. The van der Waals surface area contributed by atoms with Crippen molar-refractivity contribution in [2.75, 3.05) is 6.61 Å². The molecular formula is C41H64O13. The summed E-state index contributed by atoms with van der Waals surface area (Å²) in [6.07, 6.45) is 1.90. The van der Waals surface area contributed by atoms with Gasteiger partial charge in [0.25, 0.3) is 0 Å². The summed E-state index contributed by atoms with van der Waals surface area (Å²) in [5, 5.41) is 55.0. The molecule has 8 rings (SSSR count). The predicted molar refractivity (Wildman–Crippen MR) is 191 cm³/mol. The number of cyclic esters (lactones) is 1. The summed E-state index contributed by atoms with van der Waals surface area (Å²) >= 11 is 0. The number of ether oxygens (including phenoxy) is 7. The highest BCUT2D eigenvalue weighted by Gasteiger charge is 2.68. The van der Waals surface area contributed by atoms with Gasteiger partial charge >= 0.3 is 5.97 Å². The summed E-state index contributed by atoms with van der Waals surface area (Å²) in [7, 11) is 0. The molecule has 54 heavy (non-hydrogen) atoms. The molecule has 0 aromatic rings. The highest BCUT2D eigenvalue weighted by atomic mass is 16.7. The number of esters is 1. The SMILES string of the molecule is C[C@@H]1O[C@@H](O[C@H]2[C@H](O)C[C@H](O[C@H]3[C@H](O)C[C@H](O[C@H]4CC[C@@]5(C)[C@H](CC[C@@H]6[C@@H]5CC[C@]5(C)[C@@H](C7=CC(=O)OC7)CC[C@]65O)C4)O[C@@H]3C)O[C@@H]2C)C[C@H](O)[C@@H]1O. The molecule has 4 aliphatic carbocycles. The topological polar surface area (TPSA) is 183 Å². The summed E-state index contributed by atoms with van der Waals surface area (Å²) in [6, 6.07) is 0. The van der Waals surface area contributed by atoms with Crippen molar-refractivity contribution >= 4 is 5.97 Å². The van der Waals surface area contributed by atoms with Gasteiger partial charge in [0, 0.05) is 30.8 Å². The minimum Gasteiger partial charge on any atom is -0.458 e. The van der Waals surface area contributed by atoms with Crippen LogP contribution >= 0.6 is 0 Å². The number of fused-ring (bicyclic) bond motifs is 5. The first-order chi connectivity index (χ1) is 25.6. The van der Waals surface area contributed by atoms with Crippen LogP contribution in [-0.4, -0.2) is 124 Å². The quantitative estimate of drug-likeness (QED) is 0.188. The van der Waals surface area contributed by atoms with E-state index in [9.17, 15) is 30.3 Å². The fourth-order valence-electron chi connectivity index (χ4n) is 12.8. The van der Waals surface area contributed by atoms with E-state index in [2.05, 4.69) is 13.8 Å². The average molecular weight is 765 g/mol. The summed E-state index contributed by atoms with van der Waals surface area (Å²) in [5.74, 6) is 1.13. The van der Waals surface area contributed by atoms with Crippen LogP contribution in [0.1, 0.15) is 112 Å². The van der Waals surface area contributed by atoms with Gasteiger partial charge in [0.15, 0.2) is 18.9 Å². The van der Waals surface area contributed by atoms with Gasteiger partial charge in [-0.1, -0.05) is 13.8 Å². The van der Waals surface area contributed by atoms with Gasteiger partial charge < -0.3 is 58.7 Å². The maximum Gasteiger partial charge on any atom is 0.331 e. The van der Waals surface area contributed by atoms with Crippen LogP contribution < -0.4 is 0 Å². The first-order valence-corrected chi connectivity index (χ1v) is 20.8. The lowest BCUT2D eigenvalue weighted by atomic mass is 9.43. The van der Waals surface area contributed by atoms with E-state index in [-0.39, 0.29) is 54.0 Å². The normalized spacial score (nSPS) is 55.0. The third-order valence-corrected chi connectivity index (χ3v) is 15.9. The van der Waals surface area contributed by atoms with Crippen LogP contribution in [0.4, 0.5) is 0 Å². The molecule has 0 bridgehead atoms. The van der Waals surface area contributed by atoms with E-state index >= 15 is 0 Å². The van der Waals surface area contributed by atoms with E-state index in [1.807, 2.05) is 6.92 Å². The zero-order valence-corrected chi connectivity index (χ0v) is 32.6. The molecule has 0 amide bonds. The number of carbonyl (C=O) groups excluding carboxylic acids is 1. The molecule has 13 nitrogen and oxygen atoms in total. The lowest BCUT2D eigenvalue weighted by Crippen LogP contribution is -2.62. The fourth-order valence-corrected chi connectivity index (χ4v) is 12.8. The zero-order chi connectivity index (χ0) is 38.3. The highest BCUT2D eigenvalue weighted by molar-refractivity contribution is 5.85. The van der Waals surface area contributed by atoms with Gasteiger partial charge in [-0.25, -0.2) is 4.79 Å². The van der Waals surface area contributed by atoms with E-state index in [1.54, 1.807) is 19.9 Å². The molecule has 3 saturated heterocycles. The first-order valence-electron chi connectivity index (χ1n) is 20.8. The van der Waals surface area contributed by atoms with Crippen molar-refractivity contribution in [1.29, 1.82) is 0 Å². The number of hydrogen-bond donors (Lipinski definition) is 5. The van der Waals surface area contributed by atoms with Crippen molar-refractivity contribution in [3.63, 3.8) is 0 Å². The third-order valence-electron chi connectivity index (χ3n) is 15.9. The van der Waals surface area contributed by atoms with Crippen LogP contribution in [0.5, 0.6) is 0 Å². The Labute approximate surface area is 319 Å². The molecule has 5 N–H and O–H groups in total. The lowest BCUT2D eigenvalue weighted by molar-refractivity contribution is -0.336. The number of carbonyl (C=O) groups is 1. The van der Waals surface area contributed by atoms with Gasteiger partial charge in [-0.05, 0) is 113 Å². The number of aliphatic hydroxyl groups is 5. The Hall–Kier alpha value is -1.23. The molecule has 0 spiro atoms. The molecule has 306 valence electrons. The van der Waals surface area contributed by atoms with Gasteiger partial charge in [-0.15, -0.1) is 0 Å². The number of aliphatic hydroxyl groups excluding tert-OH is 4. The van der Waals surface area contributed by atoms with Crippen molar-refractivity contribution in [2.45, 2.75) is 197 Å². The molecule has 0 aromatic heterocycles. The van der Waals surface area contributed by atoms with E-state index in [0.29, 0.717) is 18.4 Å². The predicted octanol–water partition coefficient (Wildman–Crippen LogP) is 3.25. The molecule has 13 heteroatoms. The minimum atomic E-state index is -0.996. The summed E-state index contributed by atoms with van der Waals surface area (Å²) < 4.78 is 42.2. The average Bonchev–Trinajstić information content (AvgIpc) is 3.66. The molecule has 0 unspecified atom stereocenters. The van der Waals surface area contributed by atoms with Gasteiger partial charge in [0.2, 0.25) is 0 Å². The maximum atomic E-state index is 12.6. The zero-order valence-electron chi connectivity index (χ0n) is 32.6. The Bertz CT molecular complexity index is 1370. The van der Waals surface area contributed by atoms with Crippen LogP contribution in [0.3, 0.4) is 0 Å². The molecule has 0 radical (unpaired) electrons. The maximum absolute atomic E-state index is 12.6. The summed E-state index contributed by atoms with van der Waals surface area (Å²) in [4.78, 5) is 11.9. The van der Waals surface area contributed by atoms with Gasteiger partial charge in [0.05, 0.1) is 48.3 Å². The Morgan fingerprint density at radius 2 is 1.30 bits per heavy atom. The second-order valence-corrected chi connectivity index (χ2v) is 18.7. The summed E-state index contributed by atoms with van der Waals surface area (Å²) in [5.41, 5.74) is 0.215. The molecule has 7 fully saturated rings. The molecule has 4 saturated carbocycles. The minimum absolute atomic E-state index is 0.0243. The lowest BCUT2D eigenvalue weighted by Gasteiger charge is -2.64. The molecule has 4 heterocycles. The highest BCUT2D eigenvalue weighted by Crippen LogP contribution is 2.70. The van der Waals surface area contributed by atoms with Crippen LogP contribution in [-0.2, 0) is 38.0 Å². The summed E-state index contributed by atoms with van der Waals surface area (Å²) in [6.45, 7) is 10.4. The smallest absolute Gasteiger partial charge is 0.331 e. The van der Waals surface area contributed by atoms with Crippen molar-refractivity contribution in [3.05, 3.63) is 11.6 Å². The van der Waals surface area contributed by atoms with Crippen LogP contribution in [0.2, 0.25) is 0 Å². The van der Waals surface area contributed by atoms with Crippen molar-refractivity contribution in [1.82, 2.24) is 0 Å². The molecule has 0 aromatic carbocycles. The number of hydrogen-bond acceptors (Lipinski definition) is 13. The van der Waals surface area contributed by atoms with Gasteiger partial charge in [-0.3, -0.25) is 0 Å². The first kappa shape index (κ1) is 39.6. The van der Waals surface area contributed by atoms with Crippen LogP contribution in [0.25, 0.3) is 0 Å². The van der Waals surface area contributed by atoms with Crippen LogP contribution in [0.15, 0.2) is 11.6 Å². The third kappa shape index (κ3) is 6.82. The Morgan fingerprint density at radius 1 is 0.685 bits per heavy atom. The van der Waals surface area contributed by atoms with E-state index in [1.165, 1.54) is 0 Å². The largest absolute Gasteiger partial charge is 0.458 e. The van der Waals surface area contributed by atoms with Crippen molar-refractivity contribution < 1.29 is 63.5 Å². The molecule has 8 aliphatic rings. The number of rotatable bonds is 7. The van der Waals surface area contributed by atoms with E-state index in [0.717, 1.165) is 63.4 Å². The van der Waals surface area contributed by atoms with Gasteiger partial charge in [-0.2, -0.15) is 0 Å². The fraction of sp³-hybridized carbons (Fsp3) is 0.927. The Morgan fingerprint density at radius 3 is 1.89 bits per heavy atom. The monoisotopic (exact) mass is 764 g/mol. The van der Waals surface area contributed by atoms with Crippen molar-refractivity contribution in [3.8, 4) is 0 Å². The van der Waals surface area contributed by atoms with Crippen LogP contribution in [0, 0.1) is 34.5 Å². The molecule has 20 atom stereocenters. The second-order valence-electron chi connectivity index (χ2n) is 18.7. The second kappa shape index (κ2) is 14.9. The van der Waals surface area contributed by atoms with E-state index < -0.39 is 79.4 Å². The standard InChI is InChI=1S/C41H64O13/c1-20-36(46)29(42)16-34(49-20)53-38-22(3)51-35(18-31(38)44)54-37-21(2)50-33(17-30(37)43)52-25-8-11-39(4)24(15-25)6-7-28-27(39)9-12-40(5)26(10-13-41(28,40)47)23-14-32(45)48-19-23/h14,20-22,24-31,33-38,42-44,46-47H,6-13,15-19H2,1-5H3/t20-,21+,22+,24+,25-,26+,27-,28+,29-,30+,31+,33-,34-,35-,36+,37+,38+,39-,40+,41-/m0/s1. The van der Waals surface area contributed by atoms with Gasteiger partial charge in [0.1, 0.15) is 24.9 Å². The Kier molecular flexibility index (Phi) is 10.9.